The van der Waals surface area contributed by atoms with Gasteiger partial charge in [0.1, 0.15) is 0 Å². The highest BCUT2D eigenvalue weighted by Crippen LogP contribution is 2.15. The van der Waals surface area contributed by atoms with Crippen LogP contribution in [-0.4, -0.2) is 33.3 Å². The summed E-state index contributed by atoms with van der Waals surface area (Å²) in [5, 5.41) is 16.4. The normalized spacial score (nSPS) is 11.2. The number of halogens is 1. The maximum atomic E-state index is 12.0. The summed E-state index contributed by atoms with van der Waals surface area (Å²) in [7, 11) is 0. The monoisotopic (exact) mass is 321 g/mol. The Balaban J connectivity index is 2.06. The van der Waals surface area contributed by atoms with Crippen LogP contribution in [0.1, 0.15) is 24.2 Å². The summed E-state index contributed by atoms with van der Waals surface area (Å²) in [5.41, 5.74) is 0.104. The van der Waals surface area contributed by atoms with E-state index in [2.05, 4.69) is 10.4 Å². The van der Waals surface area contributed by atoms with E-state index in [1.807, 2.05) is 0 Å². The van der Waals surface area contributed by atoms with Gasteiger partial charge in [-0.05, 0) is 38.1 Å². The van der Waals surface area contributed by atoms with E-state index in [0.29, 0.717) is 10.6 Å². The van der Waals surface area contributed by atoms with Gasteiger partial charge in [-0.3, -0.25) is 9.59 Å². The summed E-state index contributed by atoms with van der Waals surface area (Å²) >= 11 is 5.82. The Morgan fingerprint density at radius 3 is 2.55 bits per heavy atom. The molecule has 2 rings (SSSR count). The highest BCUT2D eigenvalue weighted by molar-refractivity contribution is 6.30. The number of aliphatic carboxylic acids is 1. The van der Waals surface area contributed by atoms with E-state index in [-0.39, 0.29) is 12.5 Å². The van der Waals surface area contributed by atoms with Gasteiger partial charge in [-0.15, -0.1) is 0 Å². The summed E-state index contributed by atoms with van der Waals surface area (Å²) < 4.78 is 1.55. The molecule has 22 heavy (non-hydrogen) atoms. The molecular formula is C15H16ClN3O3. The molecule has 1 amide bonds. The summed E-state index contributed by atoms with van der Waals surface area (Å²) in [6, 6.07) is 7.02. The van der Waals surface area contributed by atoms with Crippen LogP contribution in [0.4, 0.5) is 0 Å². The Morgan fingerprint density at radius 2 is 1.95 bits per heavy atom. The largest absolute Gasteiger partial charge is 0.481 e. The van der Waals surface area contributed by atoms with Crippen molar-refractivity contribution in [3.63, 3.8) is 0 Å². The van der Waals surface area contributed by atoms with Crippen molar-refractivity contribution in [2.75, 3.05) is 6.54 Å². The predicted octanol–water partition coefficient (Wildman–Crippen LogP) is 2.37. The van der Waals surface area contributed by atoms with Crippen LogP contribution < -0.4 is 5.32 Å². The minimum Gasteiger partial charge on any atom is -0.481 e. The standard InChI is InChI=1S/C15H16ClN3O3/c1-15(2,14(21)22)9-17-13(20)10-7-18-19(8-10)12-5-3-11(16)4-6-12/h3-8H,9H2,1-2H3,(H,17,20)(H,21,22). The van der Waals surface area contributed by atoms with Gasteiger partial charge in [0.15, 0.2) is 0 Å². The molecular weight excluding hydrogens is 306 g/mol. The molecule has 0 fully saturated rings. The first-order valence-corrected chi connectivity index (χ1v) is 6.99. The smallest absolute Gasteiger partial charge is 0.310 e. The van der Waals surface area contributed by atoms with E-state index in [9.17, 15) is 9.59 Å². The molecule has 1 heterocycles. The number of carboxylic acids is 1. The number of nitrogens with zero attached hydrogens (tertiary/aromatic N) is 2. The fraction of sp³-hybridized carbons (Fsp3) is 0.267. The second-order valence-electron chi connectivity index (χ2n) is 5.52. The Labute approximate surface area is 132 Å². The number of carbonyl (C=O) groups is 2. The molecule has 116 valence electrons. The van der Waals surface area contributed by atoms with Crippen molar-refractivity contribution in [3.05, 3.63) is 47.2 Å². The predicted molar refractivity (Wildman–Crippen MR) is 82.3 cm³/mol. The second-order valence-corrected chi connectivity index (χ2v) is 5.96. The van der Waals surface area contributed by atoms with Gasteiger partial charge in [0.05, 0.1) is 22.9 Å². The lowest BCUT2D eigenvalue weighted by Crippen LogP contribution is -2.38. The van der Waals surface area contributed by atoms with Crippen LogP contribution in [0, 0.1) is 5.41 Å². The number of nitrogens with one attached hydrogen (secondary N) is 1. The van der Waals surface area contributed by atoms with Crippen LogP contribution in [0.25, 0.3) is 5.69 Å². The van der Waals surface area contributed by atoms with Gasteiger partial charge in [-0.1, -0.05) is 11.6 Å². The van der Waals surface area contributed by atoms with Crippen LogP contribution in [0.5, 0.6) is 0 Å². The average Bonchev–Trinajstić information content (AvgIpc) is 2.95. The van der Waals surface area contributed by atoms with Gasteiger partial charge in [0.25, 0.3) is 5.91 Å². The zero-order valence-electron chi connectivity index (χ0n) is 12.2. The molecule has 0 bridgehead atoms. The van der Waals surface area contributed by atoms with E-state index in [4.69, 9.17) is 16.7 Å². The minimum absolute atomic E-state index is 0.0350. The van der Waals surface area contributed by atoms with Crippen LogP contribution in [0.2, 0.25) is 5.02 Å². The fourth-order valence-corrected chi connectivity index (χ4v) is 1.78. The van der Waals surface area contributed by atoms with Gasteiger partial charge in [0, 0.05) is 17.8 Å². The zero-order valence-corrected chi connectivity index (χ0v) is 13.0. The number of hydrogen-bond acceptors (Lipinski definition) is 3. The SMILES string of the molecule is CC(C)(CNC(=O)c1cnn(-c2ccc(Cl)cc2)c1)C(=O)O. The van der Waals surface area contributed by atoms with Crippen LogP contribution in [0.3, 0.4) is 0 Å². The molecule has 6 nitrogen and oxygen atoms in total. The van der Waals surface area contributed by atoms with Crippen molar-refractivity contribution in [3.8, 4) is 5.69 Å². The highest BCUT2D eigenvalue weighted by atomic mass is 35.5. The number of aromatic nitrogens is 2. The topological polar surface area (TPSA) is 84.2 Å². The quantitative estimate of drug-likeness (QED) is 0.885. The number of hydrogen-bond donors (Lipinski definition) is 2. The van der Waals surface area contributed by atoms with E-state index in [0.717, 1.165) is 5.69 Å². The first kappa shape index (κ1) is 16.0. The lowest BCUT2D eigenvalue weighted by atomic mass is 9.94. The molecule has 0 unspecified atom stereocenters. The molecule has 2 N–H and O–H groups in total. The van der Waals surface area contributed by atoms with Crippen LogP contribution in [0.15, 0.2) is 36.7 Å². The Bertz CT molecular complexity index is 692. The van der Waals surface area contributed by atoms with Gasteiger partial charge in [0.2, 0.25) is 0 Å². The number of rotatable bonds is 5. The molecule has 7 heteroatoms. The molecule has 0 saturated carbocycles. The summed E-state index contributed by atoms with van der Waals surface area (Å²) in [4.78, 5) is 23.0. The molecule has 0 spiro atoms. The van der Waals surface area contributed by atoms with E-state index < -0.39 is 11.4 Å². The maximum absolute atomic E-state index is 12.0. The lowest BCUT2D eigenvalue weighted by Gasteiger charge is -2.19. The van der Waals surface area contributed by atoms with E-state index in [1.54, 1.807) is 49.0 Å². The summed E-state index contributed by atoms with van der Waals surface area (Å²) in [6.07, 6.45) is 3.00. The first-order valence-electron chi connectivity index (χ1n) is 6.62. The van der Waals surface area contributed by atoms with Gasteiger partial charge in [-0.25, -0.2) is 4.68 Å². The van der Waals surface area contributed by atoms with E-state index in [1.165, 1.54) is 6.20 Å². The molecule has 0 saturated heterocycles. The number of amides is 1. The molecule has 0 aliphatic carbocycles. The van der Waals surface area contributed by atoms with E-state index >= 15 is 0 Å². The van der Waals surface area contributed by atoms with Crippen LogP contribution >= 0.6 is 11.6 Å². The van der Waals surface area contributed by atoms with Crippen molar-refractivity contribution in [1.29, 1.82) is 0 Å². The number of benzene rings is 1. The molecule has 0 radical (unpaired) electrons. The van der Waals surface area contributed by atoms with Gasteiger partial charge < -0.3 is 10.4 Å². The maximum Gasteiger partial charge on any atom is 0.310 e. The third-order valence-electron chi connectivity index (χ3n) is 3.21. The first-order chi connectivity index (χ1) is 10.3. The van der Waals surface area contributed by atoms with Gasteiger partial charge >= 0.3 is 5.97 Å². The molecule has 0 atom stereocenters. The van der Waals surface area contributed by atoms with Gasteiger partial charge in [-0.2, -0.15) is 5.10 Å². The lowest BCUT2D eigenvalue weighted by molar-refractivity contribution is -0.146. The third kappa shape index (κ3) is 3.65. The molecule has 1 aromatic heterocycles. The molecule has 2 aromatic rings. The second kappa shape index (κ2) is 6.19. The fourth-order valence-electron chi connectivity index (χ4n) is 1.65. The Hall–Kier alpha value is -2.34. The molecule has 0 aliphatic heterocycles. The van der Waals surface area contributed by atoms with Crippen molar-refractivity contribution < 1.29 is 14.7 Å². The number of carboxylic acid groups (broad SMARTS) is 1. The van der Waals surface area contributed by atoms with Crippen molar-refractivity contribution >= 4 is 23.5 Å². The minimum atomic E-state index is -1.03. The molecule has 0 aliphatic rings. The average molecular weight is 322 g/mol. The number of carbonyl (C=O) groups excluding carboxylic acids is 1. The van der Waals surface area contributed by atoms with Crippen LogP contribution in [-0.2, 0) is 4.79 Å². The highest BCUT2D eigenvalue weighted by Gasteiger charge is 2.27. The molecule has 1 aromatic carbocycles. The summed E-state index contributed by atoms with van der Waals surface area (Å²) in [6.45, 7) is 3.13. The zero-order chi connectivity index (χ0) is 16.3. The van der Waals surface area contributed by atoms with Crippen molar-refractivity contribution in [2.45, 2.75) is 13.8 Å². The Morgan fingerprint density at radius 1 is 1.32 bits per heavy atom. The van der Waals surface area contributed by atoms with Crippen molar-refractivity contribution in [1.82, 2.24) is 15.1 Å². The van der Waals surface area contributed by atoms with Crippen molar-refractivity contribution in [2.24, 2.45) is 5.41 Å². The summed E-state index contributed by atoms with van der Waals surface area (Å²) in [5.74, 6) is -1.33. The third-order valence-corrected chi connectivity index (χ3v) is 3.46. The Kier molecular flexibility index (Phi) is 4.51.